The van der Waals surface area contributed by atoms with Crippen molar-refractivity contribution in [2.75, 3.05) is 17.2 Å². The van der Waals surface area contributed by atoms with E-state index in [0.29, 0.717) is 24.8 Å². The number of hydrogen-bond acceptors (Lipinski definition) is 4. The van der Waals surface area contributed by atoms with Crippen LogP contribution in [0.5, 0.6) is 0 Å². The van der Waals surface area contributed by atoms with Crippen LogP contribution in [0.2, 0.25) is 5.02 Å². The lowest BCUT2D eigenvalue weighted by atomic mass is 9.95. The van der Waals surface area contributed by atoms with Crippen molar-refractivity contribution in [2.24, 2.45) is 0 Å². The summed E-state index contributed by atoms with van der Waals surface area (Å²) in [6, 6.07) is 13.9. The van der Waals surface area contributed by atoms with Gasteiger partial charge in [0.2, 0.25) is 0 Å². The van der Waals surface area contributed by atoms with Gasteiger partial charge < -0.3 is 15.4 Å². The fourth-order valence-electron chi connectivity index (χ4n) is 3.42. The standard InChI is InChI=1S/C22H27ClN2O2/c1-2-27-22(26)17-10-13-20(25-19-6-4-3-5-7-19)21(14-17)24-15-16-8-11-18(23)12-9-16/h8-14,19,24-25H,2-7,15H2,1H3. The third-order valence-corrected chi connectivity index (χ3v) is 5.14. The first-order valence-electron chi connectivity index (χ1n) is 9.71. The van der Waals surface area contributed by atoms with E-state index >= 15 is 0 Å². The van der Waals surface area contributed by atoms with E-state index in [1.165, 1.54) is 32.1 Å². The largest absolute Gasteiger partial charge is 0.462 e. The van der Waals surface area contributed by atoms with Crippen molar-refractivity contribution in [3.63, 3.8) is 0 Å². The summed E-state index contributed by atoms with van der Waals surface area (Å²) in [7, 11) is 0. The van der Waals surface area contributed by atoms with Crippen LogP contribution < -0.4 is 10.6 Å². The highest BCUT2D eigenvalue weighted by atomic mass is 35.5. The van der Waals surface area contributed by atoms with Crippen LogP contribution in [0.15, 0.2) is 42.5 Å². The van der Waals surface area contributed by atoms with E-state index in [1.54, 1.807) is 0 Å². The lowest BCUT2D eigenvalue weighted by Crippen LogP contribution is -2.23. The first-order chi connectivity index (χ1) is 13.2. The Hall–Kier alpha value is -2.20. The lowest BCUT2D eigenvalue weighted by Gasteiger charge is -2.25. The zero-order chi connectivity index (χ0) is 19.1. The maximum atomic E-state index is 12.1. The molecule has 0 bridgehead atoms. The van der Waals surface area contributed by atoms with E-state index in [0.717, 1.165) is 22.0 Å². The number of carbonyl (C=O) groups excluding carboxylic acids is 1. The van der Waals surface area contributed by atoms with E-state index in [2.05, 4.69) is 10.6 Å². The molecular weight excluding hydrogens is 360 g/mol. The van der Waals surface area contributed by atoms with Crippen LogP contribution in [0, 0.1) is 0 Å². The van der Waals surface area contributed by atoms with E-state index in [9.17, 15) is 4.79 Å². The Labute approximate surface area is 166 Å². The van der Waals surface area contributed by atoms with Crippen LogP contribution in [0.1, 0.15) is 54.9 Å². The molecule has 2 aromatic rings. The van der Waals surface area contributed by atoms with Crippen molar-refractivity contribution in [2.45, 2.75) is 51.6 Å². The highest BCUT2D eigenvalue weighted by Gasteiger charge is 2.16. The summed E-state index contributed by atoms with van der Waals surface area (Å²) < 4.78 is 5.15. The molecule has 1 aliphatic carbocycles. The second-order valence-electron chi connectivity index (χ2n) is 6.94. The molecule has 3 rings (SSSR count). The number of rotatable bonds is 7. The molecule has 1 fully saturated rings. The van der Waals surface area contributed by atoms with Crippen molar-refractivity contribution in [3.8, 4) is 0 Å². The van der Waals surface area contributed by atoms with Gasteiger partial charge in [0.1, 0.15) is 0 Å². The zero-order valence-corrected chi connectivity index (χ0v) is 16.5. The third kappa shape index (κ3) is 5.64. The predicted octanol–water partition coefficient (Wildman–Crippen LogP) is 5.87. The van der Waals surface area contributed by atoms with Crippen LogP contribution in [-0.2, 0) is 11.3 Å². The zero-order valence-electron chi connectivity index (χ0n) is 15.8. The number of benzene rings is 2. The number of carbonyl (C=O) groups is 1. The number of ether oxygens (including phenoxy) is 1. The minimum absolute atomic E-state index is 0.295. The highest BCUT2D eigenvalue weighted by Crippen LogP contribution is 2.29. The van der Waals surface area contributed by atoms with Gasteiger partial charge in [-0.15, -0.1) is 0 Å². The van der Waals surface area contributed by atoms with Crippen LogP contribution in [0.3, 0.4) is 0 Å². The van der Waals surface area contributed by atoms with E-state index in [1.807, 2.05) is 49.4 Å². The average molecular weight is 387 g/mol. The molecular formula is C22H27ClN2O2. The number of hydrogen-bond donors (Lipinski definition) is 2. The van der Waals surface area contributed by atoms with Gasteiger partial charge in [-0.2, -0.15) is 0 Å². The van der Waals surface area contributed by atoms with Gasteiger partial charge in [0.15, 0.2) is 0 Å². The quantitative estimate of drug-likeness (QED) is 0.584. The molecule has 0 atom stereocenters. The van der Waals surface area contributed by atoms with E-state index in [4.69, 9.17) is 16.3 Å². The third-order valence-electron chi connectivity index (χ3n) is 4.89. The molecule has 5 heteroatoms. The van der Waals surface area contributed by atoms with Gasteiger partial charge in [-0.05, 0) is 55.7 Å². The average Bonchev–Trinajstić information content (AvgIpc) is 2.69. The Morgan fingerprint density at radius 2 is 1.81 bits per heavy atom. The minimum atomic E-state index is -0.295. The normalized spacial score (nSPS) is 14.6. The smallest absolute Gasteiger partial charge is 0.338 e. The molecule has 0 heterocycles. The summed E-state index contributed by atoms with van der Waals surface area (Å²) in [6.07, 6.45) is 6.24. The molecule has 1 saturated carbocycles. The summed E-state index contributed by atoms with van der Waals surface area (Å²) in [5.41, 5.74) is 3.64. The molecule has 2 aromatic carbocycles. The Morgan fingerprint density at radius 1 is 1.07 bits per heavy atom. The van der Waals surface area contributed by atoms with Crippen molar-refractivity contribution in [3.05, 3.63) is 58.6 Å². The van der Waals surface area contributed by atoms with Crippen LogP contribution >= 0.6 is 11.6 Å². The fraction of sp³-hybridized carbons (Fsp3) is 0.409. The topological polar surface area (TPSA) is 50.4 Å². The van der Waals surface area contributed by atoms with Crippen molar-refractivity contribution in [1.82, 2.24) is 0 Å². The van der Waals surface area contributed by atoms with Gasteiger partial charge in [0.05, 0.1) is 23.5 Å². The molecule has 0 aliphatic heterocycles. The van der Waals surface area contributed by atoms with E-state index < -0.39 is 0 Å². The molecule has 0 unspecified atom stereocenters. The Morgan fingerprint density at radius 3 is 2.52 bits per heavy atom. The van der Waals surface area contributed by atoms with Crippen LogP contribution in [-0.4, -0.2) is 18.6 Å². The SMILES string of the molecule is CCOC(=O)c1ccc(NC2CCCCC2)c(NCc2ccc(Cl)cc2)c1. The molecule has 1 aliphatic rings. The maximum absolute atomic E-state index is 12.1. The molecule has 0 saturated heterocycles. The summed E-state index contributed by atoms with van der Waals surface area (Å²) >= 11 is 5.97. The summed E-state index contributed by atoms with van der Waals surface area (Å²) in [5, 5.41) is 7.84. The summed E-state index contributed by atoms with van der Waals surface area (Å²) in [4.78, 5) is 12.1. The number of anilines is 2. The van der Waals surface area contributed by atoms with Gasteiger partial charge in [-0.3, -0.25) is 0 Å². The highest BCUT2D eigenvalue weighted by molar-refractivity contribution is 6.30. The monoisotopic (exact) mass is 386 g/mol. The molecule has 0 spiro atoms. The summed E-state index contributed by atoms with van der Waals surface area (Å²) in [6.45, 7) is 2.84. The number of halogens is 1. The molecule has 144 valence electrons. The molecule has 4 nitrogen and oxygen atoms in total. The van der Waals surface area contributed by atoms with Crippen LogP contribution in [0.25, 0.3) is 0 Å². The van der Waals surface area contributed by atoms with Gasteiger partial charge in [0.25, 0.3) is 0 Å². The molecule has 2 N–H and O–H groups in total. The molecule has 27 heavy (non-hydrogen) atoms. The molecule has 0 amide bonds. The van der Waals surface area contributed by atoms with Crippen LogP contribution in [0.4, 0.5) is 11.4 Å². The second kappa shape index (κ2) is 9.65. The predicted molar refractivity (Wildman–Crippen MR) is 112 cm³/mol. The summed E-state index contributed by atoms with van der Waals surface area (Å²) in [5.74, 6) is -0.295. The Bertz CT molecular complexity index is 755. The lowest BCUT2D eigenvalue weighted by molar-refractivity contribution is 0.0526. The molecule has 0 aromatic heterocycles. The first kappa shape index (κ1) is 19.6. The van der Waals surface area contributed by atoms with E-state index in [-0.39, 0.29) is 5.97 Å². The van der Waals surface area contributed by atoms with Crippen molar-refractivity contribution in [1.29, 1.82) is 0 Å². The van der Waals surface area contributed by atoms with Gasteiger partial charge in [0, 0.05) is 17.6 Å². The minimum Gasteiger partial charge on any atom is -0.462 e. The van der Waals surface area contributed by atoms with Crippen molar-refractivity contribution < 1.29 is 9.53 Å². The first-order valence-corrected chi connectivity index (χ1v) is 10.1. The van der Waals surface area contributed by atoms with Crippen molar-refractivity contribution >= 4 is 28.9 Å². The molecule has 0 radical (unpaired) electrons. The Kier molecular flexibility index (Phi) is 6.99. The number of esters is 1. The number of nitrogens with one attached hydrogen (secondary N) is 2. The van der Waals surface area contributed by atoms with Gasteiger partial charge in [-0.1, -0.05) is 43.0 Å². The van der Waals surface area contributed by atoms with Gasteiger partial charge >= 0.3 is 5.97 Å². The fourth-order valence-corrected chi connectivity index (χ4v) is 3.55. The second-order valence-corrected chi connectivity index (χ2v) is 7.38. The van der Waals surface area contributed by atoms with Gasteiger partial charge in [-0.25, -0.2) is 4.79 Å². The maximum Gasteiger partial charge on any atom is 0.338 e. The Balaban J connectivity index is 1.77.